The van der Waals surface area contributed by atoms with Crippen molar-refractivity contribution in [3.8, 4) is 17.2 Å². The second kappa shape index (κ2) is 8.47. The van der Waals surface area contributed by atoms with Crippen LogP contribution in [0.3, 0.4) is 0 Å². The summed E-state index contributed by atoms with van der Waals surface area (Å²) in [6, 6.07) is 12.8. The fraction of sp³-hybridized carbons (Fsp3) is 0.190. The highest BCUT2D eigenvalue weighted by Gasteiger charge is 2.14. The maximum absolute atomic E-state index is 12.5. The quantitative estimate of drug-likeness (QED) is 0.661. The second-order valence-corrected chi connectivity index (χ2v) is 6.15. The third-order valence-electron chi connectivity index (χ3n) is 4.13. The van der Waals surface area contributed by atoms with Crippen molar-refractivity contribution in [2.24, 2.45) is 0 Å². The monoisotopic (exact) mass is 392 g/mol. The SMILES string of the molecule is CCOc1ccccc1Nc1cnc(C(=O)Nc2ccc3c(c2)OCCO3)cn1. The fourth-order valence-electron chi connectivity index (χ4n) is 2.82. The summed E-state index contributed by atoms with van der Waals surface area (Å²) >= 11 is 0. The molecule has 8 heteroatoms. The Labute approximate surface area is 167 Å². The smallest absolute Gasteiger partial charge is 0.275 e. The highest BCUT2D eigenvalue weighted by atomic mass is 16.6. The molecule has 1 aromatic heterocycles. The van der Waals surface area contributed by atoms with Gasteiger partial charge in [-0.15, -0.1) is 0 Å². The van der Waals surface area contributed by atoms with E-state index in [4.69, 9.17) is 14.2 Å². The average molecular weight is 392 g/mol. The largest absolute Gasteiger partial charge is 0.492 e. The molecule has 0 unspecified atom stereocenters. The van der Waals surface area contributed by atoms with Crippen LogP contribution in [-0.4, -0.2) is 35.7 Å². The van der Waals surface area contributed by atoms with E-state index >= 15 is 0 Å². The molecule has 2 N–H and O–H groups in total. The Morgan fingerprint density at radius 1 is 1.07 bits per heavy atom. The highest BCUT2D eigenvalue weighted by molar-refractivity contribution is 6.02. The molecule has 0 saturated carbocycles. The molecule has 0 spiro atoms. The Hall–Kier alpha value is -3.81. The maximum atomic E-state index is 12.5. The molecule has 8 nitrogen and oxygen atoms in total. The van der Waals surface area contributed by atoms with Crippen molar-refractivity contribution in [3.05, 3.63) is 60.6 Å². The minimum atomic E-state index is -0.365. The van der Waals surface area contributed by atoms with E-state index in [0.29, 0.717) is 42.8 Å². The van der Waals surface area contributed by atoms with Crippen LogP contribution in [0, 0.1) is 0 Å². The first-order valence-corrected chi connectivity index (χ1v) is 9.25. The van der Waals surface area contributed by atoms with E-state index in [2.05, 4.69) is 20.6 Å². The summed E-state index contributed by atoms with van der Waals surface area (Å²) in [7, 11) is 0. The zero-order valence-electron chi connectivity index (χ0n) is 15.8. The molecule has 29 heavy (non-hydrogen) atoms. The van der Waals surface area contributed by atoms with Crippen molar-refractivity contribution < 1.29 is 19.0 Å². The first kappa shape index (κ1) is 18.5. The molecule has 0 aliphatic carbocycles. The Morgan fingerprint density at radius 2 is 1.90 bits per heavy atom. The Morgan fingerprint density at radius 3 is 2.69 bits per heavy atom. The van der Waals surface area contributed by atoms with Gasteiger partial charge in [-0.3, -0.25) is 4.79 Å². The van der Waals surface area contributed by atoms with Gasteiger partial charge in [0.2, 0.25) is 0 Å². The maximum Gasteiger partial charge on any atom is 0.275 e. The van der Waals surface area contributed by atoms with Crippen molar-refractivity contribution in [3.63, 3.8) is 0 Å². The molecule has 1 amide bonds. The molecular weight excluding hydrogens is 372 g/mol. The third kappa shape index (κ3) is 4.37. The van der Waals surface area contributed by atoms with Gasteiger partial charge in [-0.05, 0) is 31.2 Å². The van der Waals surface area contributed by atoms with Crippen LogP contribution in [0.4, 0.5) is 17.2 Å². The summed E-state index contributed by atoms with van der Waals surface area (Å²) in [5.41, 5.74) is 1.56. The fourth-order valence-corrected chi connectivity index (χ4v) is 2.82. The summed E-state index contributed by atoms with van der Waals surface area (Å²) in [5.74, 6) is 2.13. The van der Waals surface area contributed by atoms with Crippen LogP contribution in [-0.2, 0) is 0 Å². The van der Waals surface area contributed by atoms with E-state index in [1.165, 1.54) is 12.4 Å². The van der Waals surface area contributed by atoms with Crippen LogP contribution in [0.2, 0.25) is 0 Å². The van der Waals surface area contributed by atoms with Crippen LogP contribution < -0.4 is 24.8 Å². The number of ether oxygens (including phenoxy) is 3. The van der Waals surface area contributed by atoms with Gasteiger partial charge < -0.3 is 24.8 Å². The number of rotatable bonds is 6. The van der Waals surface area contributed by atoms with Gasteiger partial charge in [0.25, 0.3) is 5.91 Å². The minimum Gasteiger partial charge on any atom is -0.492 e. The molecular formula is C21H20N4O4. The molecule has 0 fully saturated rings. The van der Waals surface area contributed by atoms with Crippen LogP contribution in [0.1, 0.15) is 17.4 Å². The van der Waals surface area contributed by atoms with E-state index in [1.54, 1.807) is 18.2 Å². The average Bonchev–Trinajstić information content (AvgIpc) is 2.76. The van der Waals surface area contributed by atoms with Crippen LogP contribution in [0.15, 0.2) is 54.9 Å². The van der Waals surface area contributed by atoms with Gasteiger partial charge in [0.05, 0.1) is 24.7 Å². The number of carbonyl (C=O) groups is 1. The summed E-state index contributed by atoms with van der Waals surface area (Å²) < 4.78 is 16.6. The molecule has 1 aliphatic rings. The molecule has 0 saturated heterocycles. The normalized spacial score (nSPS) is 12.2. The minimum absolute atomic E-state index is 0.198. The molecule has 0 atom stereocenters. The van der Waals surface area contributed by atoms with Gasteiger partial charge in [-0.2, -0.15) is 0 Å². The van der Waals surface area contributed by atoms with E-state index in [0.717, 1.165) is 11.4 Å². The van der Waals surface area contributed by atoms with E-state index in [9.17, 15) is 4.79 Å². The summed E-state index contributed by atoms with van der Waals surface area (Å²) in [5, 5.41) is 5.93. The second-order valence-electron chi connectivity index (χ2n) is 6.15. The van der Waals surface area contributed by atoms with E-state index in [-0.39, 0.29) is 11.6 Å². The predicted molar refractivity (Wildman–Crippen MR) is 108 cm³/mol. The number of aromatic nitrogens is 2. The predicted octanol–water partition coefficient (Wildman–Crippen LogP) is 3.64. The number of carbonyl (C=O) groups excluding carboxylic acids is 1. The van der Waals surface area contributed by atoms with Gasteiger partial charge in [-0.25, -0.2) is 9.97 Å². The van der Waals surface area contributed by atoms with Crippen molar-refractivity contribution in [2.75, 3.05) is 30.5 Å². The molecule has 1 aliphatic heterocycles. The van der Waals surface area contributed by atoms with Crippen LogP contribution in [0.25, 0.3) is 0 Å². The van der Waals surface area contributed by atoms with Crippen molar-refractivity contribution in [2.45, 2.75) is 6.92 Å². The summed E-state index contributed by atoms with van der Waals surface area (Å²) in [6.07, 6.45) is 2.92. The van der Waals surface area contributed by atoms with Gasteiger partial charge in [0.1, 0.15) is 30.5 Å². The van der Waals surface area contributed by atoms with Gasteiger partial charge in [0.15, 0.2) is 11.5 Å². The molecule has 148 valence electrons. The third-order valence-corrected chi connectivity index (χ3v) is 4.13. The van der Waals surface area contributed by atoms with Gasteiger partial charge >= 0.3 is 0 Å². The zero-order chi connectivity index (χ0) is 20.1. The van der Waals surface area contributed by atoms with Crippen LogP contribution >= 0.6 is 0 Å². The van der Waals surface area contributed by atoms with Crippen molar-refractivity contribution >= 4 is 23.1 Å². The Kier molecular flexibility index (Phi) is 5.42. The van der Waals surface area contributed by atoms with Crippen molar-refractivity contribution in [1.82, 2.24) is 9.97 Å². The highest BCUT2D eigenvalue weighted by Crippen LogP contribution is 2.32. The number of nitrogens with one attached hydrogen (secondary N) is 2. The standard InChI is InChI=1S/C21H20N4O4/c1-2-27-17-6-4-3-5-15(17)25-20-13-22-16(12-23-20)21(26)24-14-7-8-18-19(11-14)29-10-9-28-18/h3-8,11-13H,2,9-10H2,1H3,(H,23,25)(H,24,26). The number of para-hydroxylation sites is 2. The van der Waals surface area contributed by atoms with Crippen molar-refractivity contribution in [1.29, 1.82) is 0 Å². The zero-order valence-corrected chi connectivity index (χ0v) is 15.8. The molecule has 4 rings (SSSR count). The molecule has 0 radical (unpaired) electrons. The van der Waals surface area contributed by atoms with E-state index < -0.39 is 0 Å². The first-order valence-electron chi connectivity index (χ1n) is 9.25. The number of benzene rings is 2. The Bertz CT molecular complexity index is 1010. The number of anilines is 3. The summed E-state index contributed by atoms with van der Waals surface area (Å²) in [4.78, 5) is 20.9. The lowest BCUT2D eigenvalue weighted by Crippen LogP contribution is -2.17. The van der Waals surface area contributed by atoms with Gasteiger partial charge in [-0.1, -0.05) is 12.1 Å². The number of hydrogen-bond donors (Lipinski definition) is 2. The lowest BCUT2D eigenvalue weighted by molar-refractivity contribution is 0.102. The summed E-state index contributed by atoms with van der Waals surface area (Å²) in [6.45, 7) is 3.48. The number of nitrogens with zero attached hydrogens (tertiary/aromatic N) is 2. The number of hydrogen-bond acceptors (Lipinski definition) is 7. The Balaban J connectivity index is 1.43. The van der Waals surface area contributed by atoms with E-state index in [1.807, 2.05) is 31.2 Å². The lowest BCUT2D eigenvalue weighted by atomic mass is 10.2. The number of fused-ring (bicyclic) bond motifs is 1. The molecule has 0 bridgehead atoms. The van der Waals surface area contributed by atoms with Crippen LogP contribution in [0.5, 0.6) is 17.2 Å². The topological polar surface area (TPSA) is 94.6 Å². The first-order chi connectivity index (χ1) is 14.2. The number of amides is 1. The van der Waals surface area contributed by atoms with Gasteiger partial charge in [0, 0.05) is 11.8 Å². The molecule has 2 aromatic carbocycles. The molecule has 2 heterocycles. The molecule has 3 aromatic rings. The lowest BCUT2D eigenvalue weighted by Gasteiger charge is -2.18.